The Hall–Kier alpha value is -4.57. The van der Waals surface area contributed by atoms with E-state index in [0.29, 0.717) is 5.89 Å². The maximum atomic E-state index is 12.8. The molecule has 1 aliphatic heterocycles. The molecule has 4 heterocycles. The first-order valence-electron chi connectivity index (χ1n) is 14.3. The molecule has 1 aliphatic rings. The minimum absolute atomic E-state index is 0.0334. The highest BCUT2D eigenvalue weighted by molar-refractivity contribution is 5.94. The van der Waals surface area contributed by atoms with Gasteiger partial charge < -0.3 is 25.0 Å². The second-order valence-electron chi connectivity index (χ2n) is 11.9. The summed E-state index contributed by atoms with van der Waals surface area (Å²) in [7, 11) is 0. The molecule has 2 aromatic carbocycles. The van der Waals surface area contributed by atoms with Crippen molar-refractivity contribution in [3.8, 4) is 22.5 Å². The Morgan fingerprint density at radius 2 is 1.76 bits per heavy atom. The largest absolute Gasteiger partial charge is 0.369 e. The van der Waals surface area contributed by atoms with Crippen molar-refractivity contribution in [2.24, 2.45) is 0 Å². The Morgan fingerprint density at radius 3 is 2.45 bits per heavy atom. The fourth-order valence-corrected chi connectivity index (χ4v) is 5.37. The number of nitrogens with one attached hydrogen (secondary N) is 3. The van der Waals surface area contributed by atoms with E-state index in [-0.39, 0.29) is 23.2 Å². The molecule has 1 unspecified atom stereocenters. The lowest BCUT2D eigenvalue weighted by Crippen LogP contribution is -2.43. The van der Waals surface area contributed by atoms with Gasteiger partial charge in [0.25, 0.3) is 11.7 Å². The Kier molecular flexibility index (Phi) is 7.24. The van der Waals surface area contributed by atoms with Crippen LogP contribution in [0, 0.1) is 6.92 Å². The molecule has 0 spiro atoms. The van der Waals surface area contributed by atoms with Gasteiger partial charge >= 0.3 is 0 Å². The predicted molar refractivity (Wildman–Crippen MR) is 163 cm³/mol. The van der Waals surface area contributed by atoms with E-state index < -0.39 is 0 Å². The third kappa shape index (κ3) is 5.49. The summed E-state index contributed by atoms with van der Waals surface area (Å²) in [6.07, 6.45) is 1.59. The van der Waals surface area contributed by atoms with Crippen LogP contribution >= 0.6 is 0 Å². The molecule has 10 nitrogen and oxygen atoms in total. The van der Waals surface area contributed by atoms with E-state index in [1.54, 1.807) is 6.33 Å². The zero-order valence-electron chi connectivity index (χ0n) is 24.7. The number of nitrogens with zero attached hydrogens (tertiary/aromatic N) is 5. The summed E-state index contributed by atoms with van der Waals surface area (Å²) in [4.78, 5) is 32.1. The molecule has 216 valence electrons. The number of H-pyrrole nitrogens is 1. The number of aromatic amines is 1. The third-order valence-electron chi connectivity index (χ3n) is 7.71. The van der Waals surface area contributed by atoms with Gasteiger partial charge in [-0.3, -0.25) is 4.79 Å². The molecule has 1 atom stereocenters. The number of aromatic nitrogens is 5. The minimum Gasteiger partial charge on any atom is -0.369 e. The summed E-state index contributed by atoms with van der Waals surface area (Å²) in [5.41, 5.74) is 7.67. The van der Waals surface area contributed by atoms with Gasteiger partial charge in [-0.25, -0.2) is 9.97 Å². The number of aryl methyl sites for hydroxylation is 1. The molecule has 0 saturated carbocycles. The van der Waals surface area contributed by atoms with E-state index in [2.05, 4.69) is 77.0 Å². The molecule has 1 fully saturated rings. The molecular formula is C32H36N8O2. The molecule has 1 amide bonds. The molecule has 0 bridgehead atoms. The van der Waals surface area contributed by atoms with Gasteiger partial charge in [0, 0.05) is 53.9 Å². The lowest BCUT2D eigenvalue weighted by molar-refractivity contribution is 0.0926. The lowest BCUT2D eigenvalue weighted by Gasteiger charge is -2.29. The van der Waals surface area contributed by atoms with Crippen LogP contribution in [0.4, 0.5) is 5.69 Å². The van der Waals surface area contributed by atoms with Crippen LogP contribution in [0.3, 0.4) is 0 Å². The van der Waals surface area contributed by atoms with E-state index in [9.17, 15) is 4.79 Å². The van der Waals surface area contributed by atoms with Crippen LogP contribution in [0.2, 0.25) is 0 Å². The molecular weight excluding hydrogens is 528 g/mol. The molecule has 10 heteroatoms. The SMILES string of the molecule is Cc1cc(-c2ncnc3[nH]c(-c4ccc(N5CCNCC5)cc4)cc23)ccc1C(C)NC(=O)c1noc(C(C)(C)C)n1. The van der Waals surface area contributed by atoms with Gasteiger partial charge in [-0.2, -0.15) is 4.98 Å². The highest BCUT2D eigenvalue weighted by atomic mass is 16.5. The minimum atomic E-state index is -0.372. The Bertz CT molecular complexity index is 1730. The van der Waals surface area contributed by atoms with Crippen molar-refractivity contribution in [2.45, 2.75) is 46.1 Å². The topological polar surface area (TPSA) is 125 Å². The summed E-state index contributed by atoms with van der Waals surface area (Å²) in [5.74, 6) is 0.0897. The van der Waals surface area contributed by atoms with Crippen molar-refractivity contribution in [1.82, 2.24) is 35.7 Å². The Morgan fingerprint density at radius 1 is 1.02 bits per heavy atom. The molecule has 0 aliphatic carbocycles. The van der Waals surface area contributed by atoms with Crippen LogP contribution < -0.4 is 15.5 Å². The first kappa shape index (κ1) is 27.6. The second kappa shape index (κ2) is 11.0. The molecule has 42 heavy (non-hydrogen) atoms. The lowest BCUT2D eigenvalue weighted by atomic mass is 9.97. The number of rotatable bonds is 6. The number of amides is 1. The molecule has 5 aromatic rings. The number of hydrogen-bond donors (Lipinski definition) is 3. The van der Waals surface area contributed by atoms with E-state index >= 15 is 0 Å². The van der Waals surface area contributed by atoms with Crippen LogP contribution in [0.25, 0.3) is 33.5 Å². The van der Waals surface area contributed by atoms with E-state index in [1.165, 1.54) is 5.69 Å². The van der Waals surface area contributed by atoms with Gasteiger partial charge in [0.15, 0.2) is 0 Å². The first-order valence-corrected chi connectivity index (χ1v) is 14.3. The average molecular weight is 565 g/mol. The molecule has 3 aromatic heterocycles. The summed E-state index contributed by atoms with van der Waals surface area (Å²) in [5, 5.41) is 11.2. The second-order valence-corrected chi connectivity index (χ2v) is 11.9. The molecule has 3 N–H and O–H groups in total. The van der Waals surface area contributed by atoms with Crippen LogP contribution in [0.5, 0.6) is 0 Å². The average Bonchev–Trinajstić information content (AvgIpc) is 3.66. The van der Waals surface area contributed by atoms with E-state index in [1.807, 2.05) is 46.8 Å². The van der Waals surface area contributed by atoms with Gasteiger partial charge in [-0.15, -0.1) is 0 Å². The predicted octanol–water partition coefficient (Wildman–Crippen LogP) is 5.18. The highest BCUT2D eigenvalue weighted by Crippen LogP contribution is 2.32. The number of carbonyl (C=O) groups is 1. The highest BCUT2D eigenvalue weighted by Gasteiger charge is 2.25. The van der Waals surface area contributed by atoms with E-state index in [0.717, 1.165) is 70.9 Å². The van der Waals surface area contributed by atoms with Crippen LogP contribution in [-0.4, -0.2) is 57.2 Å². The fourth-order valence-electron chi connectivity index (χ4n) is 5.37. The number of piperazine rings is 1. The van der Waals surface area contributed by atoms with Gasteiger partial charge in [0.05, 0.1) is 11.7 Å². The zero-order chi connectivity index (χ0) is 29.4. The van der Waals surface area contributed by atoms with Gasteiger partial charge in [-0.1, -0.05) is 50.2 Å². The fraction of sp³-hybridized carbons (Fsp3) is 0.344. The molecule has 0 radical (unpaired) electrons. The quantitative estimate of drug-likeness (QED) is 0.258. The van der Waals surface area contributed by atoms with E-state index in [4.69, 9.17) is 4.52 Å². The van der Waals surface area contributed by atoms with Crippen LogP contribution in [0.15, 0.2) is 59.4 Å². The van der Waals surface area contributed by atoms with Crippen molar-refractivity contribution < 1.29 is 9.32 Å². The first-order chi connectivity index (χ1) is 20.2. The van der Waals surface area contributed by atoms with Gasteiger partial charge in [0.1, 0.15) is 12.0 Å². The molecule has 6 rings (SSSR count). The normalized spacial score (nSPS) is 14.7. The van der Waals surface area contributed by atoms with Crippen LogP contribution in [-0.2, 0) is 5.41 Å². The number of benzene rings is 2. The summed E-state index contributed by atoms with van der Waals surface area (Å²) in [6, 6.07) is 16.7. The standard InChI is InChI=1S/C32H36N8O2/c1-19-16-22(8-11-24(19)20(2)36-30(41)29-38-31(42-39-29)32(3,4)5)27-25-17-26(37-28(25)35-18-34-27)21-6-9-23(10-7-21)40-14-12-33-13-15-40/h6-11,16-18,20,33H,12-15H2,1-5H3,(H,36,41)(H,34,35,37). The van der Waals surface area contributed by atoms with Crippen molar-refractivity contribution >= 4 is 22.6 Å². The summed E-state index contributed by atoms with van der Waals surface area (Å²) < 4.78 is 5.28. The monoisotopic (exact) mass is 564 g/mol. The zero-order valence-corrected chi connectivity index (χ0v) is 24.7. The van der Waals surface area contributed by atoms with Crippen molar-refractivity contribution in [3.63, 3.8) is 0 Å². The van der Waals surface area contributed by atoms with Crippen LogP contribution in [0.1, 0.15) is 61.4 Å². The maximum absolute atomic E-state index is 12.8. The number of hydrogen-bond acceptors (Lipinski definition) is 8. The summed E-state index contributed by atoms with van der Waals surface area (Å²) >= 11 is 0. The van der Waals surface area contributed by atoms with Gasteiger partial charge in [-0.05, 0) is 54.8 Å². The third-order valence-corrected chi connectivity index (χ3v) is 7.71. The van der Waals surface area contributed by atoms with Crippen molar-refractivity contribution in [2.75, 3.05) is 31.1 Å². The molecule has 1 saturated heterocycles. The Labute approximate surface area is 245 Å². The number of fused-ring (bicyclic) bond motifs is 1. The van der Waals surface area contributed by atoms with Crippen molar-refractivity contribution in [3.05, 3.63) is 77.7 Å². The Balaban J connectivity index is 1.21. The number of carbonyl (C=O) groups excluding carboxylic acids is 1. The number of anilines is 1. The smallest absolute Gasteiger partial charge is 0.293 e. The maximum Gasteiger partial charge on any atom is 0.293 e. The van der Waals surface area contributed by atoms with Gasteiger partial charge in [0.2, 0.25) is 5.89 Å². The van der Waals surface area contributed by atoms with Crippen molar-refractivity contribution in [1.29, 1.82) is 0 Å². The summed E-state index contributed by atoms with van der Waals surface area (Å²) in [6.45, 7) is 13.9.